The SMILES string of the molecule is COc1cc(Sc2c[nH]c3cc(-c4ccco4)ccc23)cc(OC)c1OC. The summed E-state index contributed by atoms with van der Waals surface area (Å²) in [5, 5.41) is 1.14. The van der Waals surface area contributed by atoms with Gasteiger partial charge in [0, 0.05) is 32.5 Å². The molecule has 1 N–H and O–H groups in total. The summed E-state index contributed by atoms with van der Waals surface area (Å²) in [5.41, 5.74) is 2.09. The van der Waals surface area contributed by atoms with Gasteiger partial charge in [0.05, 0.1) is 27.6 Å². The summed E-state index contributed by atoms with van der Waals surface area (Å²) < 4.78 is 21.8. The van der Waals surface area contributed by atoms with Crippen LogP contribution in [0, 0.1) is 0 Å². The van der Waals surface area contributed by atoms with E-state index in [1.54, 1.807) is 39.4 Å². The average Bonchev–Trinajstić information content (AvgIpc) is 3.37. The lowest BCUT2D eigenvalue weighted by molar-refractivity contribution is 0.323. The van der Waals surface area contributed by atoms with Gasteiger partial charge in [0.15, 0.2) is 11.5 Å². The fourth-order valence-corrected chi connectivity index (χ4v) is 4.01. The van der Waals surface area contributed by atoms with Crippen molar-refractivity contribution in [3.63, 3.8) is 0 Å². The molecular weight excluding hydrogens is 362 g/mol. The molecule has 0 unspecified atom stereocenters. The second kappa shape index (κ2) is 7.32. The molecule has 6 heteroatoms. The molecule has 0 saturated heterocycles. The first-order valence-corrected chi connectivity index (χ1v) is 9.18. The number of furan rings is 1. The van der Waals surface area contributed by atoms with E-state index in [1.165, 1.54) is 0 Å². The summed E-state index contributed by atoms with van der Waals surface area (Å²) in [5.74, 6) is 2.72. The molecule has 0 radical (unpaired) electrons. The molecular formula is C21H19NO4S. The van der Waals surface area contributed by atoms with Gasteiger partial charge in [-0.2, -0.15) is 0 Å². The Morgan fingerprint density at radius 3 is 2.33 bits per heavy atom. The van der Waals surface area contributed by atoms with Crippen molar-refractivity contribution in [3.05, 3.63) is 54.9 Å². The van der Waals surface area contributed by atoms with Gasteiger partial charge in [-0.3, -0.25) is 0 Å². The predicted octanol–water partition coefficient (Wildman–Crippen LogP) is 5.60. The summed E-state index contributed by atoms with van der Waals surface area (Å²) >= 11 is 1.64. The first kappa shape index (κ1) is 17.4. The van der Waals surface area contributed by atoms with Gasteiger partial charge in [-0.1, -0.05) is 23.9 Å². The normalized spacial score (nSPS) is 10.9. The third kappa shape index (κ3) is 3.24. The molecule has 0 amide bonds. The number of hydrogen-bond acceptors (Lipinski definition) is 5. The van der Waals surface area contributed by atoms with Crippen molar-refractivity contribution in [2.45, 2.75) is 9.79 Å². The van der Waals surface area contributed by atoms with Crippen LogP contribution in [0.4, 0.5) is 0 Å². The Balaban J connectivity index is 1.69. The largest absolute Gasteiger partial charge is 0.493 e. The molecule has 27 heavy (non-hydrogen) atoms. The molecule has 0 bridgehead atoms. The van der Waals surface area contributed by atoms with E-state index in [4.69, 9.17) is 18.6 Å². The minimum absolute atomic E-state index is 0.589. The van der Waals surface area contributed by atoms with E-state index in [-0.39, 0.29) is 0 Å². The highest BCUT2D eigenvalue weighted by molar-refractivity contribution is 7.99. The van der Waals surface area contributed by atoms with Gasteiger partial charge >= 0.3 is 0 Å². The zero-order chi connectivity index (χ0) is 18.8. The summed E-state index contributed by atoms with van der Waals surface area (Å²) in [4.78, 5) is 5.46. The summed E-state index contributed by atoms with van der Waals surface area (Å²) in [6.45, 7) is 0. The number of rotatable bonds is 6. The Morgan fingerprint density at radius 1 is 0.926 bits per heavy atom. The maximum absolute atomic E-state index is 5.49. The summed E-state index contributed by atoms with van der Waals surface area (Å²) in [7, 11) is 4.84. The molecule has 4 rings (SSSR count). The number of hydrogen-bond donors (Lipinski definition) is 1. The van der Waals surface area contributed by atoms with Crippen molar-refractivity contribution < 1.29 is 18.6 Å². The van der Waals surface area contributed by atoms with E-state index in [1.807, 2.05) is 30.5 Å². The lowest BCUT2D eigenvalue weighted by Gasteiger charge is -2.13. The number of fused-ring (bicyclic) bond motifs is 1. The first-order valence-electron chi connectivity index (χ1n) is 8.36. The molecule has 5 nitrogen and oxygen atoms in total. The second-order valence-corrected chi connectivity index (χ2v) is 6.97. The molecule has 0 aliphatic carbocycles. The van der Waals surface area contributed by atoms with Gasteiger partial charge in [0.25, 0.3) is 0 Å². The zero-order valence-corrected chi connectivity index (χ0v) is 16.1. The Bertz CT molecular complexity index is 1040. The molecule has 0 spiro atoms. The lowest BCUT2D eigenvalue weighted by Crippen LogP contribution is -1.95. The van der Waals surface area contributed by atoms with E-state index >= 15 is 0 Å². The fourth-order valence-electron chi connectivity index (χ4n) is 3.02. The van der Waals surface area contributed by atoms with Crippen LogP contribution in [-0.2, 0) is 0 Å². The van der Waals surface area contributed by atoms with Gasteiger partial charge in [0.2, 0.25) is 5.75 Å². The molecule has 0 saturated carbocycles. The minimum atomic E-state index is 0.589. The van der Waals surface area contributed by atoms with E-state index in [0.717, 1.165) is 32.0 Å². The van der Waals surface area contributed by atoms with Crippen molar-refractivity contribution in [2.75, 3.05) is 21.3 Å². The molecule has 0 fully saturated rings. The highest BCUT2D eigenvalue weighted by Gasteiger charge is 2.15. The average molecular weight is 381 g/mol. The van der Waals surface area contributed by atoms with Gasteiger partial charge in [-0.15, -0.1) is 0 Å². The van der Waals surface area contributed by atoms with Crippen LogP contribution in [-0.4, -0.2) is 26.3 Å². The van der Waals surface area contributed by atoms with Crippen LogP contribution >= 0.6 is 11.8 Å². The van der Waals surface area contributed by atoms with Crippen LogP contribution in [0.2, 0.25) is 0 Å². The molecule has 0 aliphatic rings. The number of aromatic nitrogens is 1. The van der Waals surface area contributed by atoms with Crippen LogP contribution in [0.15, 0.2) is 69.1 Å². The smallest absolute Gasteiger partial charge is 0.203 e. The molecule has 0 atom stereocenters. The molecule has 2 aromatic carbocycles. The Hall–Kier alpha value is -2.99. The number of benzene rings is 2. The van der Waals surface area contributed by atoms with Gasteiger partial charge in [0.1, 0.15) is 5.76 Å². The molecule has 0 aliphatic heterocycles. The van der Waals surface area contributed by atoms with E-state index in [0.29, 0.717) is 17.2 Å². The van der Waals surface area contributed by atoms with E-state index in [9.17, 15) is 0 Å². The Kier molecular flexibility index (Phi) is 4.73. The van der Waals surface area contributed by atoms with Crippen LogP contribution in [0.5, 0.6) is 17.2 Å². The molecule has 4 aromatic rings. The molecule has 2 aromatic heterocycles. The number of aromatic amines is 1. The summed E-state index contributed by atoms with van der Waals surface area (Å²) in [6.07, 6.45) is 3.68. The van der Waals surface area contributed by atoms with Crippen molar-refractivity contribution in [2.24, 2.45) is 0 Å². The monoisotopic (exact) mass is 381 g/mol. The van der Waals surface area contributed by atoms with E-state index < -0.39 is 0 Å². The standard InChI is InChI=1S/C21H19NO4S/c1-23-18-10-14(11-19(24-2)21(18)25-3)27-20-12-22-16-9-13(6-7-15(16)20)17-5-4-8-26-17/h4-12,22H,1-3H3. The fraction of sp³-hybridized carbons (Fsp3) is 0.143. The molecule has 138 valence electrons. The number of H-pyrrole nitrogens is 1. The third-order valence-corrected chi connectivity index (χ3v) is 5.34. The third-order valence-electron chi connectivity index (χ3n) is 4.32. The zero-order valence-electron chi connectivity index (χ0n) is 15.2. The van der Waals surface area contributed by atoms with Crippen LogP contribution in [0.25, 0.3) is 22.2 Å². The van der Waals surface area contributed by atoms with Crippen LogP contribution in [0.3, 0.4) is 0 Å². The van der Waals surface area contributed by atoms with Crippen molar-refractivity contribution >= 4 is 22.7 Å². The predicted molar refractivity (Wildman–Crippen MR) is 106 cm³/mol. The number of ether oxygens (including phenoxy) is 3. The van der Waals surface area contributed by atoms with Crippen molar-refractivity contribution in [3.8, 4) is 28.6 Å². The van der Waals surface area contributed by atoms with Crippen LogP contribution in [0.1, 0.15) is 0 Å². The maximum atomic E-state index is 5.49. The highest BCUT2D eigenvalue weighted by atomic mass is 32.2. The van der Waals surface area contributed by atoms with Gasteiger partial charge < -0.3 is 23.6 Å². The number of methoxy groups -OCH3 is 3. The second-order valence-electron chi connectivity index (χ2n) is 5.85. The lowest BCUT2D eigenvalue weighted by atomic mass is 10.1. The maximum Gasteiger partial charge on any atom is 0.203 e. The van der Waals surface area contributed by atoms with E-state index in [2.05, 4.69) is 23.2 Å². The van der Waals surface area contributed by atoms with Gasteiger partial charge in [-0.25, -0.2) is 0 Å². The van der Waals surface area contributed by atoms with Crippen LogP contribution < -0.4 is 14.2 Å². The quantitative estimate of drug-likeness (QED) is 0.471. The Morgan fingerprint density at radius 2 is 1.70 bits per heavy atom. The van der Waals surface area contributed by atoms with Crippen molar-refractivity contribution in [1.29, 1.82) is 0 Å². The summed E-state index contributed by atoms with van der Waals surface area (Å²) in [6, 6.07) is 14.0. The van der Waals surface area contributed by atoms with Gasteiger partial charge in [-0.05, 0) is 30.3 Å². The Labute approximate surface area is 161 Å². The topological polar surface area (TPSA) is 56.6 Å². The highest BCUT2D eigenvalue weighted by Crippen LogP contribution is 2.44. The van der Waals surface area contributed by atoms with Crippen molar-refractivity contribution in [1.82, 2.24) is 4.98 Å². The first-order chi connectivity index (χ1) is 13.2. The minimum Gasteiger partial charge on any atom is -0.493 e. The number of nitrogens with one attached hydrogen (secondary N) is 1. The molecule has 2 heterocycles.